The second kappa shape index (κ2) is 7.14. The molecule has 4 heterocycles. The van der Waals surface area contributed by atoms with Gasteiger partial charge < -0.3 is 4.57 Å². The Bertz CT molecular complexity index is 1690. The molecule has 3 aromatic heterocycles. The van der Waals surface area contributed by atoms with Crippen molar-refractivity contribution in [1.29, 1.82) is 0 Å². The number of benzene rings is 3. The van der Waals surface area contributed by atoms with Crippen LogP contribution in [0.2, 0.25) is 0 Å². The molecule has 160 valence electrons. The van der Waals surface area contributed by atoms with Crippen LogP contribution in [0.25, 0.3) is 44.2 Å². The summed E-state index contributed by atoms with van der Waals surface area (Å²) < 4.78 is 15.3. The van der Waals surface area contributed by atoms with E-state index in [2.05, 4.69) is 22.3 Å². The highest BCUT2D eigenvalue weighted by Crippen LogP contribution is 2.53. The van der Waals surface area contributed by atoms with Gasteiger partial charge in [-0.05, 0) is 35.7 Å². The number of hydrogen-bond acceptors (Lipinski definition) is 5. The molecule has 0 bridgehead atoms. The zero-order valence-corrected chi connectivity index (χ0v) is 18.9. The van der Waals surface area contributed by atoms with Crippen molar-refractivity contribution in [2.24, 2.45) is 0 Å². The molecule has 34 heavy (non-hydrogen) atoms. The second-order valence-electron chi connectivity index (χ2n) is 8.28. The van der Waals surface area contributed by atoms with Crippen molar-refractivity contribution >= 4 is 44.7 Å². The van der Waals surface area contributed by atoms with Crippen LogP contribution >= 0.6 is 7.14 Å². The number of fused-ring (bicyclic) bond motifs is 10. The Kier molecular flexibility index (Phi) is 4.05. The molecule has 3 aromatic carbocycles. The van der Waals surface area contributed by atoms with Crippen molar-refractivity contribution in [3.63, 3.8) is 0 Å². The van der Waals surface area contributed by atoms with Crippen molar-refractivity contribution in [3.05, 3.63) is 104 Å². The lowest BCUT2D eigenvalue weighted by Gasteiger charge is -2.21. The Morgan fingerprint density at radius 3 is 1.88 bits per heavy atom. The van der Waals surface area contributed by atoms with Crippen LogP contribution in [0.3, 0.4) is 0 Å². The van der Waals surface area contributed by atoms with E-state index in [1.54, 1.807) is 18.6 Å². The lowest BCUT2D eigenvalue weighted by atomic mass is 9.90. The monoisotopic (exact) mass is 456 g/mol. The summed E-state index contributed by atoms with van der Waals surface area (Å²) in [6.45, 7) is 0. The quantitative estimate of drug-likeness (QED) is 0.261. The van der Waals surface area contributed by atoms with E-state index in [1.807, 2.05) is 72.8 Å². The second-order valence-corrected chi connectivity index (χ2v) is 11.0. The largest absolute Gasteiger partial charge is 0.308 e. The molecule has 1 atom stereocenters. The maximum absolute atomic E-state index is 15.3. The van der Waals surface area contributed by atoms with E-state index in [-0.39, 0.29) is 0 Å². The van der Waals surface area contributed by atoms with Crippen molar-refractivity contribution in [2.75, 3.05) is 0 Å². The first-order chi connectivity index (χ1) is 16.8. The summed E-state index contributed by atoms with van der Waals surface area (Å²) in [6.07, 6.45) is 5.23. The molecule has 0 radical (unpaired) electrons. The Morgan fingerprint density at radius 1 is 0.559 bits per heavy atom. The summed E-state index contributed by atoms with van der Waals surface area (Å²) in [4.78, 5) is 9.68. The Labute approximate surface area is 195 Å². The molecule has 1 aliphatic rings. The van der Waals surface area contributed by atoms with Gasteiger partial charge in [-0.25, -0.2) is 0 Å². The maximum Gasteiger partial charge on any atom is 0.175 e. The van der Waals surface area contributed by atoms with E-state index < -0.39 is 7.14 Å². The highest BCUT2D eigenvalue weighted by Gasteiger charge is 2.40. The fraction of sp³-hybridized carbons (Fsp3) is 0. The zero-order chi connectivity index (χ0) is 22.7. The molecule has 0 fully saturated rings. The lowest BCUT2D eigenvalue weighted by molar-refractivity contribution is 0.592. The fourth-order valence-electron chi connectivity index (χ4n) is 5.13. The molecule has 0 spiro atoms. The predicted octanol–water partition coefficient (Wildman–Crippen LogP) is 4.86. The molecule has 1 unspecified atom stereocenters. The summed E-state index contributed by atoms with van der Waals surface area (Å²) >= 11 is 0. The molecule has 1 aliphatic heterocycles. The van der Waals surface area contributed by atoms with Gasteiger partial charge in [0.15, 0.2) is 7.14 Å². The van der Waals surface area contributed by atoms with Crippen LogP contribution in [0.4, 0.5) is 0 Å². The molecular formula is C28H17N4OP. The molecule has 6 aromatic rings. The third kappa shape index (κ3) is 2.47. The van der Waals surface area contributed by atoms with E-state index in [0.29, 0.717) is 11.0 Å². The molecule has 5 nitrogen and oxygen atoms in total. The van der Waals surface area contributed by atoms with Crippen LogP contribution in [0.5, 0.6) is 0 Å². The van der Waals surface area contributed by atoms with Crippen LogP contribution in [0.15, 0.2) is 104 Å². The number of hydrogen-bond donors (Lipinski definition) is 0. The highest BCUT2D eigenvalue weighted by atomic mass is 31.2. The summed E-state index contributed by atoms with van der Waals surface area (Å²) in [5.74, 6) is 0. The predicted molar refractivity (Wildman–Crippen MR) is 136 cm³/mol. The maximum atomic E-state index is 15.3. The molecule has 0 aliphatic carbocycles. The Balaban J connectivity index is 1.80. The van der Waals surface area contributed by atoms with E-state index in [4.69, 9.17) is 9.97 Å². The van der Waals surface area contributed by atoms with Gasteiger partial charge in [-0.15, -0.1) is 5.10 Å². The van der Waals surface area contributed by atoms with Gasteiger partial charge in [0.2, 0.25) is 0 Å². The summed E-state index contributed by atoms with van der Waals surface area (Å²) in [5.41, 5.74) is 4.04. The van der Waals surface area contributed by atoms with Crippen molar-refractivity contribution < 1.29 is 4.57 Å². The van der Waals surface area contributed by atoms with E-state index in [0.717, 1.165) is 49.1 Å². The topological polar surface area (TPSA) is 68.6 Å². The van der Waals surface area contributed by atoms with Gasteiger partial charge in [-0.2, -0.15) is 5.10 Å². The summed E-state index contributed by atoms with van der Waals surface area (Å²) in [7, 11) is -3.29. The molecule has 0 saturated carbocycles. The minimum Gasteiger partial charge on any atom is -0.308 e. The lowest BCUT2D eigenvalue weighted by Crippen LogP contribution is -2.27. The van der Waals surface area contributed by atoms with Gasteiger partial charge in [0.1, 0.15) is 5.52 Å². The van der Waals surface area contributed by atoms with E-state index >= 15 is 4.57 Å². The average Bonchev–Trinajstić information content (AvgIpc) is 3.02. The van der Waals surface area contributed by atoms with Crippen LogP contribution in [-0.2, 0) is 4.57 Å². The summed E-state index contributed by atoms with van der Waals surface area (Å²) in [6, 6.07) is 27.4. The molecular weight excluding hydrogens is 439 g/mol. The van der Waals surface area contributed by atoms with Gasteiger partial charge in [0.25, 0.3) is 0 Å². The number of rotatable bonds is 1. The number of aromatic nitrogens is 4. The van der Waals surface area contributed by atoms with Gasteiger partial charge >= 0.3 is 0 Å². The third-order valence-electron chi connectivity index (χ3n) is 6.54. The molecule has 0 saturated heterocycles. The molecule has 7 rings (SSSR count). The standard InChI is InChI=1S/C28H17N4OP/c33-34(18-8-2-1-3-9-18)22-12-6-15-29-27(22)24-19-10-4-5-11-20(19)26-21(14-17-31-32-26)25(24)28-23(34)13-7-16-30-28/h1-17H. The van der Waals surface area contributed by atoms with Crippen LogP contribution in [0, 0.1) is 0 Å². The van der Waals surface area contributed by atoms with Crippen LogP contribution in [0.1, 0.15) is 0 Å². The van der Waals surface area contributed by atoms with Crippen molar-refractivity contribution in [3.8, 4) is 22.5 Å². The average molecular weight is 456 g/mol. The van der Waals surface area contributed by atoms with Crippen LogP contribution < -0.4 is 15.9 Å². The van der Waals surface area contributed by atoms with Gasteiger partial charge in [0.05, 0.1) is 17.6 Å². The first kappa shape index (κ1) is 19.3. The van der Waals surface area contributed by atoms with Gasteiger partial charge in [0, 0.05) is 50.2 Å². The zero-order valence-electron chi connectivity index (χ0n) is 18.0. The minimum absolute atomic E-state index is 0.700. The van der Waals surface area contributed by atoms with Gasteiger partial charge in [-0.1, -0.05) is 54.6 Å². The highest BCUT2D eigenvalue weighted by molar-refractivity contribution is 7.85. The smallest absolute Gasteiger partial charge is 0.175 e. The normalized spacial score (nSPS) is 16.5. The Morgan fingerprint density at radius 2 is 1.18 bits per heavy atom. The molecule has 0 N–H and O–H groups in total. The number of pyridine rings is 2. The Hall–Kier alpha value is -4.21. The summed E-state index contributed by atoms with van der Waals surface area (Å²) in [5, 5.41) is 13.8. The fourth-order valence-corrected chi connectivity index (χ4v) is 8.07. The third-order valence-corrected chi connectivity index (χ3v) is 9.64. The minimum atomic E-state index is -3.29. The van der Waals surface area contributed by atoms with Gasteiger partial charge in [-0.3, -0.25) is 9.97 Å². The first-order valence-corrected chi connectivity index (χ1v) is 12.7. The van der Waals surface area contributed by atoms with Crippen molar-refractivity contribution in [1.82, 2.24) is 20.2 Å². The van der Waals surface area contributed by atoms with Crippen LogP contribution in [-0.4, -0.2) is 20.2 Å². The molecule has 0 amide bonds. The first-order valence-electron chi connectivity index (χ1n) is 11.0. The SMILES string of the molecule is O=P1(c2ccccc2)c2cccnc2-c2c(c3ccnnc3c3ccccc23)-c2ncccc21. The van der Waals surface area contributed by atoms with E-state index in [9.17, 15) is 0 Å². The molecule has 6 heteroatoms. The number of nitrogens with zero attached hydrogens (tertiary/aromatic N) is 4. The van der Waals surface area contributed by atoms with Crippen molar-refractivity contribution in [2.45, 2.75) is 0 Å². The van der Waals surface area contributed by atoms with E-state index in [1.165, 1.54) is 0 Å².